The highest BCUT2D eigenvalue weighted by Crippen LogP contribution is 2.27. The van der Waals surface area contributed by atoms with Crippen LogP contribution in [0.3, 0.4) is 0 Å². The molecule has 2 aromatic rings. The van der Waals surface area contributed by atoms with Crippen molar-refractivity contribution in [2.75, 3.05) is 0 Å². The fourth-order valence-electron chi connectivity index (χ4n) is 1.65. The molecule has 0 atom stereocenters. The summed E-state index contributed by atoms with van der Waals surface area (Å²) in [7, 11) is 0. The van der Waals surface area contributed by atoms with Crippen molar-refractivity contribution in [3.8, 4) is 11.6 Å². The molecule has 7 nitrogen and oxygen atoms in total. The molecular formula is C13H9FN2O5. The zero-order valence-corrected chi connectivity index (χ0v) is 10.7. The van der Waals surface area contributed by atoms with Crippen molar-refractivity contribution in [2.45, 2.75) is 6.92 Å². The van der Waals surface area contributed by atoms with Gasteiger partial charge in [-0.1, -0.05) is 0 Å². The quantitative estimate of drug-likeness (QED) is 0.686. The molecule has 0 aliphatic heterocycles. The summed E-state index contributed by atoms with van der Waals surface area (Å²) in [5, 5.41) is 19.7. The van der Waals surface area contributed by atoms with Crippen molar-refractivity contribution in [3.05, 3.63) is 57.5 Å². The molecule has 0 aliphatic carbocycles. The van der Waals surface area contributed by atoms with Crippen LogP contribution in [0.15, 0.2) is 30.3 Å². The first kappa shape index (κ1) is 14.4. The van der Waals surface area contributed by atoms with Gasteiger partial charge in [0.2, 0.25) is 5.88 Å². The highest BCUT2D eigenvalue weighted by Gasteiger charge is 2.16. The standard InChI is InChI=1S/C13H9FN2O5/c1-7-10(16(19)20)4-5-12(15-7)21-11-6-8(14)2-3-9(11)13(17)18/h2-6H,1H3,(H,17,18). The summed E-state index contributed by atoms with van der Waals surface area (Å²) in [6.07, 6.45) is 0. The van der Waals surface area contributed by atoms with Crippen LogP contribution in [0.2, 0.25) is 0 Å². The molecule has 0 amide bonds. The van der Waals surface area contributed by atoms with Crippen molar-refractivity contribution in [1.29, 1.82) is 0 Å². The molecule has 0 saturated carbocycles. The van der Waals surface area contributed by atoms with E-state index in [0.29, 0.717) is 0 Å². The number of hydrogen-bond acceptors (Lipinski definition) is 5. The number of aromatic nitrogens is 1. The monoisotopic (exact) mass is 292 g/mol. The van der Waals surface area contributed by atoms with E-state index in [-0.39, 0.29) is 28.6 Å². The molecule has 0 aliphatic rings. The number of aryl methyl sites for hydroxylation is 1. The van der Waals surface area contributed by atoms with Crippen LogP contribution in [0.25, 0.3) is 0 Å². The Bertz CT molecular complexity index is 732. The average Bonchev–Trinajstić information content (AvgIpc) is 2.37. The van der Waals surface area contributed by atoms with Crippen LogP contribution in [0.5, 0.6) is 11.6 Å². The van der Waals surface area contributed by atoms with Gasteiger partial charge in [0.1, 0.15) is 22.8 Å². The van der Waals surface area contributed by atoms with Gasteiger partial charge in [0, 0.05) is 18.2 Å². The lowest BCUT2D eigenvalue weighted by atomic mass is 10.2. The van der Waals surface area contributed by atoms with E-state index in [1.54, 1.807) is 0 Å². The summed E-state index contributed by atoms with van der Waals surface area (Å²) in [4.78, 5) is 24.9. The number of carboxylic acids is 1. The van der Waals surface area contributed by atoms with Crippen LogP contribution in [-0.2, 0) is 0 Å². The molecule has 21 heavy (non-hydrogen) atoms. The minimum absolute atomic E-state index is 0.0637. The van der Waals surface area contributed by atoms with Gasteiger partial charge < -0.3 is 9.84 Å². The summed E-state index contributed by atoms with van der Waals surface area (Å²) in [6.45, 7) is 1.41. The first-order valence-corrected chi connectivity index (χ1v) is 5.71. The molecule has 1 aromatic heterocycles. The van der Waals surface area contributed by atoms with Crippen LogP contribution in [-0.4, -0.2) is 21.0 Å². The Morgan fingerprint density at radius 1 is 1.38 bits per heavy atom. The maximum atomic E-state index is 13.2. The van der Waals surface area contributed by atoms with Gasteiger partial charge in [-0.25, -0.2) is 14.2 Å². The maximum Gasteiger partial charge on any atom is 0.339 e. The number of nitro groups is 1. The van der Waals surface area contributed by atoms with Crippen molar-refractivity contribution >= 4 is 11.7 Å². The fraction of sp³-hybridized carbons (Fsp3) is 0.0769. The number of benzene rings is 1. The summed E-state index contributed by atoms with van der Waals surface area (Å²) in [5.41, 5.74) is -0.333. The molecule has 0 saturated heterocycles. The normalized spacial score (nSPS) is 10.2. The second-order valence-electron chi connectivity index (χ2n) is 4.06. The molecule has 0 spiro atoms. The number of halogens is 1. The lowest BCUT2D eigenvalue weighted by Crippen LogP contribution is -2.02. The van der Waals surface area contributed by atoms with Gasteiger partial charge >= 0.3 is 5.97 Å². The zero-order chi connectivity index (χ0) is 15.6. The minimum Gasteiger partial charge on any atom is -0.478 e. The Hall–Kier alpha value is -3.03. The molecular weight excluding hydrogens is 283 g/mol. The van der Waals surface area contributed by atoms with E-state index in [4.69, 9.17) is 9.84 Å². The average molecular weight is 292 g/mol. The van der Waals surface area contributed by atoms with Crippen LogP contribution in [0, 0.1) is 22.9 Å². The van der Waals surface area contributed by atoms with Gasteiger partial charge in [-0.3, -0.25) is 10.1 Å². The van der Waals surface area contributed by atoms with Crippen LogP contribution < -0.4 is 4.74 Å². The maximum absolute atomic E-state index is 13.2. The number of ether oxygens (including phenoxy) is 1. The van der Waals surface area contributed by atoms with Gasteiger partial charge in [0.25, 0.3) is 5.69 Å². The number of hydrogen-bond donors (Lipinski definition) is 1. The third kappa shape index (κ3) is 3.11. The van der Waals surface area contributed by atoms with Crippen molar-refractivity contribution in [2.24, 2.45) is 0 Å². The largest absolute Gasteiger partial charge is 0.478 e. The second kappa shape index (κ2) is 5.53. The Labute approximate surface area is 117 Å². The number of nitrogens with zero attached hydrogens (tertiary/aromatic N) is 2. The summed E-state index contributed by atoms with van der Waals surface area (Å²) in [5.74, 6) is -2.26. The number of aromatic carboxylic acids is 1. The molecule has 1 heterocycles. The number of rotatable bonds is 4. The number of pyridine rings is 1. The number of carboxylic acid groups (broad SMARTS) is 1. The van der Waals surface area contributed by atoms with Crippen LogP contribution in [0.4, 0.5) is 10.1 Å². The molecule has 0 unspecified atom stereocenters. The molecule has 8 heteroatoms. The first-order valence-electron chi connectivity index (χ1n) is 5.71. The summed E-state index contributed by atoms with van der Waals surface area (Å²) in [6, 6.07) is 5.34. The molecule has 0 fully saturated rings. The van der Waals surface area contributed by atoms with E-state index >= 15 is 0 Å². The third-order valence-corrected chi connectivity index (χ3v) is 2.62. The predicted molar refractivity (Wildman–Crippen MR) is 69.1 cm³/mol. The Morgan fingerprint density at radius 2 is 2.10 bits per heavy atom. The molecule has 108 valence electrons. The zero-order valence-electron chi connectivity index (χ0n) is 10.7. The highest BCUT2D eigenvalue weighted by molar-refractivity contribution is 5.90. The van der Waals surface area contributed by atoms with Gasteiger partial charge in [0.15, 0.2) is 0 Å². The second-order valence-corrected chi connectivity index (χ2v) is 4.06. The Morgan fingerprint density at radius 3 is 2.67 bits per heavy atom. The van der Waals surface area contributed by atoms with Crippen LogP contribution >= 0.6 is 0 Å². The minimum atomic E-state index is -1.29. The van der Waals surface area contributed by atoms with Crippen molar-refractivity contribution in [3.63, 3.8) is 0 Å². The van der Waals surface area contributed by atoms with Gasteiger partial charge in [0.05, 0.1) is 4.92 Å². The topological polar surface area (TPSA) is 103 Å². The van der Waals surface area contributed by atoms with Crippen LogP contribution in [0.1, 0.15) is 16.1 Å². The SMILES string of the molecule is Cc1nc(Oc2cc(F)ccc2C(=O)O)ccc1[N+](=O)[O-]. The predicted octanol–water partition coefficient (Wildman–Crippen LogP) is 2.93. The van der Waals surface area contributed by atoms with E-state index < -0.39 is 16.7 Å². The lowest BCUT2D eigenvalue weighted by molar-refractivity contribution is -0.385. The van der Waals surface area contributed by atoms with E-state index in [2.05, 4.69) is 4.98 Å². The smallest absolute Gasteiger partial charge is 0.339 e. The molecule has 1 aromatic carbocycles. The van der Waals surface area contributed by atoms with Gasteiger partial charge in [-0.2, -0.15) is 0 Å². The van der Waals surface area contributed by atoms with Crippen molar-refractivity contribution < 1.29 is 24.0 Å². The molecule has 0 bridgehead atoms. The van der Waals surface area contributed by atoms with Crippen molar-refractivity contribution in [1.82, 2.24) is 4.98 Å². The Balaban J connectivity index is 2.38. The van der Waals surface area contributed by atoms with E-state index in [9.17, 15) is 19.3 Å². The van der Waals surface area contributed by atoms with E-state index in [1.165, 1.54) is 19.1 Å². The molecule has 2 rings (SSSR count). The third-order valence-electron chi connectivity index (χ3n) is 2.62. The number of carbonyl (C=O) groups is 1. The fourth-order valence-corrected chi connectivity index (χ4v) is 1.65. The van der Waals surface area contributed by atoms with Gasteiger partial charge in [-0.05, 0) is 19.1 Å². The molecule has 1 N–H and O–H groups in total. The highest BCUT2D eigenvalue weighted by atomic mass is 19.1. The summed E-state index contributed by atoms with van der Waals surface area (Å²) >= 11 is 0. The molecule has 0 radical (unpaired) electrons. The van der Waals surface area contributed by atoms with Gasteiger partial charge in [-0.15, -0.1) is 0 Å². The first-order chi connectivity index (χ1) is 9.88. The van der Waals surface area contributed by atoms with E-state index in [1.807, 2.05) is 0 Å². The lowest BCUT2D eigenvalue weighted by Gasteiger charge is -2.08. The summed E-state index contributed by atoms with van der Waals surface area (Å²) < 4.78 is 18.4. The Kier molecular flexibility index (Phi) is 3.79. The van der Waals surface area contributed by atoms with E-state index in [0.717, 1.165) is 18.2 Å².